The molecule has 0 saturated carbocycles. The first kappa shape index (κ1) is 14.2. The van der Waals surface area contributed by atoms with E-state index in [4.69, 9.17) is 4.42 Å². The van der Waals surface area contributed by atoms with Gasteiger partial charge in [-0.2, -0.15) is 0 Å². The molecule has 4 nitrogen and oxygen atoms in total. The van der Waals surface area contributed by atoms with E-state index in [-0.39, 0.29) is 5.78 Å². The van der Waals surface area contributed by atoms with Gasteiger partial charge in [-0.05, 0) is 29.7 Å². The third-order valence-electron chi connectivity index (χ3n) is 3.48. The van der Waals surface area contributed by atoms with Gasteiger partial charge in [0.1, 0.15) is 0 Å². The highest BCUT2D eigenvalue weighted by molar-refractivity contribution is 5.95. The first-order valence-electron chi connectivity index (χ1n) is 7.11. The molecule has 0 radical (unpaired) electrons. The van der Waals surface area contributed by atoms with Crippen molar-refractivity contribution in [2.45, 2.75) is 20.3 Å². The van der Waals surface area contributed by atoms with Crippen LogP contribution in [0.3, 0.4) is 0 Å². The largest absolute Gasteiger partial charge is 0.425 e. The number of hydrogen-bond donors (Lipinski definition) is 0. The Bertz CT molecular complexity index is 804. The Hall–Kier alpha value is -2.75. The Kier molecular flexibility index (Phi) is 3.83. The summed E-state index contributed by atoms with van der Waals surface area (Å²) >= 11 is 0. The van der Waals surface area contributed by atoms with Crippen LogP contribution >= 0.6 is 0 Å². The standard InChI is InChI=1S/C18H16N2O2/c1-12(21)16-4-3-5-17(11-16)15-8-6-14(7-9-15)10-18-20-19-13(2)22-18/h3-9,11H,10H2,1-2H3. The number of carbonyl (C=O) groups is 1. The van der Waals surface area contributed by atoms with Crippen molar-refractivity contribution in [2.24, 2.45) is 0 Å². The van der Waals surface area contributed by atoms with E-state index in [0.717, 1.165) is 22.3 Å². The molecule has 0 unspecified atom stereocenters. The third-order valence-corrected chi connectivity index (χ3v) is 3.48. The lowest BCUT2D eigenvalue weighted by Gasteiger charge is -2.05. The molecular weight excluding hydrogens is 276 g/mol. The summed E-state index contributed by atoms with van der Waals surface area (Å²) in [7, 11) is 0. The van der Waals surface area contributed by atoms with Gasteiger partial charge in [-0.15, -0.1) is 10.2 Å². The lowest BCUT2D eigenvalue weighted by atomic mass is 10.00. The van der Waals surface area contributed by atoms with Gasteiger partial charge in [-0.3, -0.25) is 4.79 Å². The Balaban J connectivity index is 1.82. The average molecular weight is 292 g/mol. The molecule has 1 aromatic heterocycles. The van der Waals surface area contributed by atoms with Gasteiger partial charge in [-0.25, -0.2) is 0 Å². The number of nitrogens with zero attached hydrogens (tertiary/aromatic N) is 2. The van der Waals surface area contributed by atoms with Crippen LogP contribution in [0.25, 0.3) is 11.1 Å². The first-order valence-corrected chi connectivity index (χ1v) is 7.11. The molecule has 3 aromatic rings. The van der Waals surface area contributed by atoms with Gasteiger partial charge in [-0.1, -0.05) is 42.5 Å². The quantitative estimate of drug-likeness (QED) is 0.686. The summed E-state index contributed by atoms with van der Waals surface area (Å²) in [4.78, 5) is 11.5. The van der Waals surface area contributed by atoms with E-state index in [1.807, 2.05) is 48.5 Å². The van der Waals surface area contributed by atoms with Crippen LogP contribution in [0.15, 0.2) is 52.9 Å². The molecule has 2 aromatic carbocycles. The van der Waals surface area contributed by atoms with Crippen LogP contribution in [-0.4, -0.2) is 16.0 Å². The van der Waals surface area contributed by atoms with E-state index in [9.17, 15) is 4.79 Å². The number of aryl methyl sites for hydroxylation is 1. The second kappa shape index (κ2) is 5.93. The maximum atomic E-state index is 11.5. The summed E-state index contributed by atoms with van der Waals surface area (Å²) in [6.07, 6.45) is 0.620. The smallest absolute Gasteiger partial charge is 0.220 e. The normalized spacial score (nSPS) is 10.6. The minimum atomic E-state index is 0.0743. The molecule has 0 atom stereocenters. The molecule has 0 N–H and O–H groups in total. The molecule has 0 amide bonds. The van der Waals surface area contributed by atoms with Crippen LogP contribution < -0.4 is 0 Å². The van der Waals surface area contributed by atoms with Crippen LogP contribution in [0.1, 0.15) is 34.6 Å². The third kappa shape index (κ3) is 3.11. The van der Waals surface area contributed by atoms with Gasteiger partial charge < -0.3 is 4.42 Å². The molecule has 4 heteroatoms. The van der Waals surface area contributed by atoms with E-state index < -0.39 is 0 Å². The zero-order valence-corrected chi connectivity index (χ0v) is 12.5. The van der Waals surface area contributed by atoms with E-state index in [1.165, 1.54) is 0 Å². The molecule has 110 valence electrons. The van der Waals surface area contributed by atoms with Gasteiger partial charge in [0.05, 0.1) is 6.42 Å². The van der Waals surface area contributed by atoms with E-state index in [2.05, 4.69) is 10.2 Å². The predicted octanol–water partition coefficient (Wildman–Crippen LogP) is 3.84. The Morgan fingerprint density at radius 3 is 2.45 bits per heavy atom. The highest BCUT2D eigenvalue weighted by Gasteiger charge is 2.06. The van der Waals surface area contributed by atoms with Crippen molar-refractivity contribution in [1.82, 2.24) is 10.2 Å². The highest BCUT2D eigenvalue weighted by atomic mass is 16.4. The predicted molar refractivity (Wildman–Crippen MR) is 83.7 cm³/mol. The number of hydrogen-bond acceptors (Lipinski definition) is 4. The zero-order valence-electron chi connectivity index (χ0n) is 12.5. The highest BCUT2D eigenvalue weighted by Crippen LogP contribution is 2.22. The minimum absolute atomic E-state index is 0.0743. The number of Topliss-reactive ketones (excluding diaryl/α,β-unsaturated/α-hetero) is 1. The SMILES string of the molecule is CC(=O)c1cccc(-c2ccc(Cc3nnc(C)o3)cc2)c1. The summed E-state index contributed by atoms with van der Waals surface area (Å²) in [5.41, 5.74) is 3.94. The lowest BCUT2D eigenvalue weighted by molar-refractivity contribution is 0.101. The Morgan fingerprint density at radius 1 is 1.05 bits per heavy atom. The van der Waals surface area contributed by atoms with Gasteiger partial charge in [0, 0.05) is 12.5 Å². The molecule has 3 rings (SSSR count). The van der Waals surface area contributed by atoms with Crippen molar-refractivity contribution >= 4 is 5.78 Å². The van der Waals surface area contributed by atoms with Crippen molar-refractivity contribution in [3.8, 4) is 11.1 Å². The van der Waals surface area contributed by atoms with Crippen molar-refractivity contribution in [1.29, 1.82) is 0 Å². The maximum Gasteiger partial charge on any atom is 0.220 e. The van der Waals surface area contributed by atoms with Gasteiger partial charge in [0.2, 0.25) is 11.8 Å². The van der Waals surface area contributed by atoms with Crippen LogP contribution in [0.4, 0.5) is 0 Å². The van der Waals surface area contributed by atoms with Crippen LogP contribution in [-0.2, 0) is 6.42 Å². The molecule has 0 spiro atoms. The molecule has 1 heterocycles. The van der Waals surface area contributed by atoms with Gasteiger partial charge in [0.25, 0.3) is 0 Å². The summed E-state index contributed by atoms with van der Waals surface area (Å²) in [5, 5.41) is 7.82. The average Bonchev–Trinajstić information content (AvgIpc) is 2.93. The van der Waals surface area contributed by atoms with Crippen molar-refractivity contribution < 1.29 is 9.21 Å². The first-order chi connectivity index (χ1) is 10.6. The maximum absolute atomic E-state index is 11.5. The van der Waals surface area contributed by atoms with E-state index in [0.29, 0.717) is 18.2 Å². The van der Waals surface area contributed by atoms with E-state index >= 15 is 0 Å². The summed E-state index contributed by atoms with van der Waals surface area (Å²) < 4.78 is 5.38. The number of ketones is 1. The number of rotatable bonds is 4. The van der Waals surface area contributed by atoms with Crippen molar-refractivity contribution in [2.75, 3.05) is 0 Å². The summed E-state index contributed by atoms with van der Waals surface area (Å²) in [5.74, 6) is 1.27. The minimum Gasteiger partial charge on any atom is -0.425 e. The number of aromatic nitrogens is 2. The molecule has 0 aliphatic heterocycles. The second-order valence-corrected chi connectivity index (χ2v) is 5.23. The monoisotopic (exact) mass is 292 g/mol. The molecule has 0 fully saturated rings. The summed E-state index contributed by atoms with van der Waals surface area (Å²) in [6.45, 7) is 3.36. The van der Waals surface area contributed by atoms with Crippen molar-refractivity contribution in [3.63, 3.8) is 0 Å². The van der Waals surface area contributed by atoms with Gasteiger partial charge in [0.15, 0.2) is 5.78 Å². The van der Waals surface area contributed by atoms with Crippen LogP contribution in [0, 0.1) is 6.92 Å². The van der Waals surface area contributed by atoms with Crippen molar-refractivity contribution in [3.05, 3.63) is 71.4 Å². The topological polar surface area (TPSA) is 56.0 Å². The zero-order chi connectivity index (χ0) is 15.5. The second-order valence-electron chi connectivity index (χ2n) is 5.23. The molecule has 22 heavy (non-hydrogen) atoms. The summed E-state index contributed by atoms with van der Waals surface area (Å²) in [6, 6.07) is 15.8. The number of carbonyl (C=O) groups excluding carboxylic acids is 1. The fourth-order valence-corrected chi connectivity index (χ4v) is 2.32. The Morgan fingerprint density at radius 2 is 1.82 bits per heavy atom. The fourth-order valence-electron chi connectivity index (χ4n) is 2.32. The molecule has 0 saturated heterocycles. The van der Waals surface area contributed by atoms with E-state index in [1.54, 1.807) is 13.8 Å². The molecule has 0 aliphatic carbocycles. The number of benzene rings is 2. The lowest BCUT2D eigenvalue weighted by Crippen LogP contribution is -1.92. The fraction of sp³-hybridized carbons (Fsp3) is 0.167. The molecular formula is C18H16N2O2. The molecule has 0 bridgehead atoms. The van der Waals surface area contributed by atoms with Gasteiger partial charge >= 0.3 is 0 Å². The Labute approximate surface area is 128 Å². The molecule has 0 aliphatic rings. The van der Waals surface area contributed by atoms with Crippen LogP contribution in [0.2, 0.25) is 0 Å². The van der Waals surface area contributed by atoms with Crippen LogP contribution in [0.5, 0.6) is 0 Å².